The zero-order chi connectivity index (χ0) is 14.5. The molecule has 5 heteroatoms. The van der Waals surface area contributed by atoms with Crippen LogP contribution in [0.15, 0.2) is 34.9 Å². The number of carbonyl (C=O) groups is 1. The van der Waals surface area contributed by atoms with Crippen LogP contribution in [0.5, 0.6) is 5.75 Å². The van der Waals surface area contributed by atoms with Crippen LogP contribution in [0.2, 0.25) is 0 Å². The van der Waals surface area contributed by atoms with Crippen LogP contribution in [-0.2, 0) is 0 Å². The lowest BCUT2D eigenvalue weighted by Crippen LogP contribution is -2.32. The molecule has 0 saturated heterocycles. The first-order valence-electron chi connectivity index (χ1n) is 6.56. The quantitative estimate of drug-likeness (QED) is 0.910. The van der Waals surface area contributed by atoms with Crippen LogP contribution in [0.4, 0.5) is 0 Å². The number of hydrogen-bond donors (Lipinski definition) is 1. The third kappa shape index (κ3) is 2.99. The van der Waals surface area contributed by atoms with E-state index in [2.05, 4.69) is 10.5 Å². The lowest BCUT2D eigenvalue weighted by Gasteiger charge is -2.08. The summed E-state index contributed by atoms with van der Waals surface area (Å²) in [5.74, 6) is 0.957. The molecule has 0 unspecified atom stereocenters. The lowest BCUT2D eigenvalue weighted by molar-refractivity contribution is 0.0930. The number of carbonyl (C=O) groups excluding carboxylic acids is 1. The van der Waals surface area contributed by atoms with E-state index in [0.717, 1.165) is 12.0 Å². The van der Waals surface area contributed by atoms with Crippen LogP contribution in [0, 0.1) is 0 Å². The van der Waals surface area contributed by atoms with Crippen LogP contribution >= 0.6 is 0 Å². The van der Waals surface area contributed by atoms with E-state index >= 15 is 0 Å². The highest BCUT2D eigenvalue weighted by atomic mass is 16.5. The summed E-state index contributed by atoms with van der Waals surface area (Å²) >= 11 is 0. The number of aromatic nitrogens is 1. The number of nitrogens with zero attached hydrogens (tertiary/aromatic N) is 1. The van der Waals surface area contributed by atoms with Crippen molar-refractivity contribution < 1.29 is 14.1 Å². The molecule has 1 amide bonds. The largest absolute Gasteiger partial charge is 0.496 e. The summed E-state index contributed by atoms with van der Waals surface area (Å²) < 4.78 is 10.5. The Balaban J connectivity index is 2.22. The predicted molar refractivity (Wildman–Crippen MR) is 75.7 cm³/mol. The van der Waals surface area contributed by atoms with Crippen molar-refractivity contribution in [3.05, 3.63) is 36.0 Å². The van der Waals surface area contributed by atoms with Crippen molar-refractivity contribution in [2.45, 2.75) is 26.3 Å². The van der Waals surface area contributed by atoms with Gasteiger partial charge in [-0.3, -0.25) is 4.79 Å². The molecule has 2 rings (SSSR count). The third-order valence-electron chi connectivity index (χ3n) is 3.11. The van der Waals surface area contributed by atoms with Gasteiger partial charge in [0.2, 0.25) is 0 Å². The van der Waals surface area contributed by atoms with Gasteiger partial charge in [0, 0.05) is 12.1 Å². The Morgan fingerprint density at radius 2 is 2.20 bits per heavy atom. The predicted octanol–water partition coefficient (Wildman–Crippen LogP) is 2.88. The van der Waals surface area contributed by atoms with E-state index in [0.29, 0.717) is 11.5 Å². The van der Waals surface area contributed by atoms with E-state index in [9.17, 15) is 4.79 Å². The van der Waals surface area contributed by atoms with Crippen molar-refractivity contribution in [2.75, 3.05) is 7.11 Å². The zero-order valence-electron chi connectivity index (χ0n) is 11.8. The van der Waals surface area contributed by atoms with E-state index in [1.807, 2.05) is 38.1 Å². The summed E-state index contributed by atoms with van der Waals surface area (Å²) in [4.78, 5) is 11.9. The van der Waals surface area contributed by atoms with Gasteiger partial charge in [-0.25, -0.2) is 0 Å². The Kier molecular flexibility index (Phi) is 4.40. The number of hydrogen-bond acceptors (Lipinski definition) is 4. The van der Waals surface area contributed by atoms with Gasteiger partial charge in [0.15, 0.2) is 11.5 Å². The molecule has 0 fully saturated rings. The van der Waals surface area contributed by atoms with Gasteiger partial charge < -0.3 is 14.6 Å². The smallest absolute Gasteiger partial charge is 0.273 e. The van der Waals surface area contributed by atoms with E-state index in [-0.39, 0.29) is 17.6 Å². The van der Waals surface area contributed by atoms with Crippen LogP contribution in [0.25, 0.3) is 11.3 Å². The fourth-order valence-corrected chi connectivity index (χ4v) is 1.76. The molecule has 20 heavy (non-hydrogen) atoms. The van der Waals surface area contributed by atoms with Crippen molar-refractivity contribution in [3.8, 4) is 17.1 Å². The topological polar surface area (TPSA) is 64.4 Å². The Bertz CT molecular complexity index is 592. The van der Waals surface area contributed by atoms with Gasteiger partial charge in [-0.1, -0.05) is 24.2 Å². The van der Waals surface area contributed by atoms with Gasteiger partial charge in [-0.05, 0) is 25.5 Å². The number of ether oxygens (including phenoxy) is 1. The van der Waals surface area contributed by atoms with Gasteiger partial charge in [-0.2, -0.15) is 0 Å². The van der Waals surface area contributed by atoms with E-state index < -0.39 is 0 Å². The average molecular weight is 274 g/mol. The SMILES string of the molecule is CC[C@@H](C)NC(=O)c1cc(-c2ccccc2OC)on1. The molecule has 2 aromatic rings. The summed E-state index contributed by atoms with van der Waals surface area (Å²) in [6.07, 6.45) is 0.864. The van der Waals surface area contributed by atoms with Gasteiger partial charge in [0.25, 0.3) is 5.91 Å². The highest BCUT2D eigenvalue weighted by molar-refractivity contribution is 5.93. The maximum Gasteiger partial charge on any atom is 0.273 e. The number of amides is 1. The van der Waals surface area contributed by atoms with E-state index in [1.54, 1.807) is 13.2 Å². The maximum atomic E-state index is 11.9. The third-order valence-corrected chi connectivity index (χ3v) is 3.11. The molecule has 1 aromatic heterocycles. The van der Waals surface area contributed by atoms with Crippen LogP contribution in [0.3, 0.4) is 0 Å². The molecule has 0 aliphatic heterocycles. The fraction of sp³-hybridized carbons (Fsp3) is 0.333. The minimum atomic E-state index is -0.232. The molecule has 1 atom stereocenters. The molecule has 5 nitrogen and oxygen atoms in total. The van der Waals surface area contributed by atoms with Crippen molar-refractivity contribution in [1.82, 2.24) is 10.5 Å². The summed E-state index contributed by atoms with van der Waals surface area (Å²) in [6.45, 7) is 3.95. The number of rotatable bonds is 5. The van der Waals surface area contributed by atoms with Gasteiger partial charge in [0.05, 0.1) is 12.7 Å². The van der Waals surface area contributed by atoms with Gasteiger partial charge in [0.1, 0.15) is 5.75 Å². The summed E-state index contributed by atoms with van der Waals surface area (Å²) in [5.41, 5.74) is 1.04. The number of methoxy groups -OCH3 is 1. The second-order valence-corrected chi connectivity index (χ2v) is 4.56. The van der Waals surface area contributed by atoms with E-state index in [4.69, 9.17) is 9.26 Å². The number of nitrogens with one attached hydrogen (secondary N) is 1. The first kappa shape index (κ1) is 14.1. The molecular weight excluding hydrogens is 256 g/mol. The monoisotopic (exact) mass is 274 g/mol. The number of para-hydroxylation sites is 1. The van der Waals surface area contributed by atoms with Crippen LogP contribution in [0.1, 0.15) is 30.8 Å². The molecule has 1 heterocycles. The minimum Gasteiger partial charge on any atom is -0.496 e. The van der Waals surface area contributed by atoms with Crippen molar-refractivity contribution in [2.24, 2.45) is 0 Å². The van der Waals surface area contributed by atoms with Crippen molar-refractivity contribution >= 4 is 5.91 Å². The average Bonchev–Trinajstić information content (AvgIpc) is 2.96. The summed E-state index contributed by atoms with van der Waals surface area (Å²) in [6, 6.07) is 9.16. The first-order chi connectivity index (χ1) is 9.65. The molecule has 1 N–H and O–H groups in total. The summed E-state index contributed by atoms with van der Waals surface area (Å²) in [5, 5.41) is 6.66. The Labute approximate surface area is 117 Å². The molecule has 0 aliphatic rings. The van der Waals surface area contributed by atoms with Gasteiger partial charge in [-0.15, -0.1) is 0 Å². The maximum absolute atomic E-state index is 11.9. The Morgan fingerprint density at radius 1 is 1.45 bits per heavy atom. The Morgan fingerprint density at radius 3 is 2.90 bits per heavy atom. The van der Waals surface area contributed by atoms with E-state index in [1.165, 1.54) is 0 Å². The highest BCUT2D eigenvalue weighted by Crippen LogP contribution is 2.29. The molecule has 0 saturated carbocycles. The zero-order valence-corrected chi connectivity index (χ0v) is 11.8. The highest BCUT2D eigenvalue weighted by Gasteiger charge is 2.16. The Hall–Kier alpha value is -2.30. The molecular formula is C15H18N2O3. The minimum absolute atomic E-state index is 0.105. The molecule has 1 aromatic carbocycles. The second kappa shape index (κ2) is 6.23. The lowest BCUT2D eigenvalue weighted by atomic mass is 10.1. The van der Waals surface area contributed by atoms with Crippen LogP contribution < -0.4 is 10.1 Å². The first-order valence-corrected chi connectivity index (χ1v) is 6.56. The fourth-order valence-electron chi connectivity index (χ4n) is 1.76. The van der Waals surface area contributed by atoms with Gasteiger partial charge >= 0.3 is 0 Å². The van der Waals surface area contributed by atoms with Crippen LogP contribution in [-0.4, -0.2) is 24.2 Å². The van der Waals surface area contributed by atoms with Crippen molar-refractivity contribution in [1.29, 1.82) is 0 Å². The summed E-state index contributed by atoms with van der Waals surface area (Å²) in [7, 11) is 1.59. The molecule has 0 radical (unpaired) electrons. The standard InChI is InChI=1S/C15H18N2O3/c1-4-10(2)16-15(18)12-9-14(20-17-12)11-7-5-6-8-13(11)19-3/h5-10H,4H2,1-3H3,(H,16,18)/t10-/m1/s1. The van der Waals surface area contributed by atoms with Crippen molar-refractivity contribution in [3.63, 3.8) is 0 Å². The molecule has 0 aliphatic carbocycles. The molecule has 0 spiro atoms. The number of benzene rings is 1. The normalized spacial score (nSPS) is 11.9. The molecule has 0 bridgehead atoms. The second-order valence-electron chi connectivity index (χ2n) is 4.56. The molecule has 106 valence electrons.